The van der Waals surface area contributed by atoms with E-state index < -0.39 is 0 Å². The molecule has 5 heteroatoms. The summed E-state index contributed by atoms with van der Waals surface area (Å²) in [6.45, 7) is 5.09. The molecule has 5 nitrogen and oxygen atoms in total. The number of hydrogen-bond donors (Lipinski definition) is 2. The third kappa shape index (κ3) is 4.89. The van der Waals surface area contributed by atoms with Gasteiger partial charge in [0.1, 0.15) is 5.76 Å². The molecule has 1 aromatic rings. The van der Waals surface area contributed by atoms with Crippen LogP contribution in [0.2, 0.25) is 0 Å². The van der Waals surface area contributed by atoms with Crippen LogP contribution in [0.25, 0.3) is 0 Å². The van der Waals surface area contributed by atoms with Gasteiger partial charge in [0.05, 0.1) is 18.3 Å². The fraction of sp³-hybridized carbons (Fsp3) is 0.615. The van der Waals surface area contributed by atoms with Crippen molar-refractivity contribution in [1.29, 1.82) is 0 Å². The van der Waals surface area contributed by atoms with Gasteiger partial charge in [-0.1, -0.05) is 0 Å². The van der Waals surface area contributed by atoms with Gasteiger partial charge in [-0.2, -0.15) is 0 Å². The van der Waals surface area contributed by atoms with E-state index in [4.69, 9.17) is 9.15 Å². The van der Waals surface area contributed by atoms with E-state index in [-0.39, 0.29) is 18.0 Å². The molecule has 0 bridgehead atoms. The van der Waals surface area contributed by atoms with Crippen LogP contribution in [0.4, 0.5) is 0 Å². The Hall–Kier alpha value is -1.33. The second-order valence-corrected chi connectivity index (χ2v) is 4.26. The van der Waals surface area contributed by atoms with Gasteiger partial charge in [0, 0.05) is 20.3 Å². The average molecular weight is 254 g/mol. The van der Waals surface area contributed by atoms with Crippen LogP contribution in [0.5, 0.6) is 0 Å². The van der Waals surface area contributed by atoms with Crippen LogP contribution in [0.3, 0.4) is 0 Å². The van der Waals surface area contributed by atoms with Crippen molar-refractivity contribution >= 4 is 5.91 Å². The molecule has 102 valence electrons. The van der Waals surface area contributed by atoms with Crippen LogP contribution < -0.4 is 10.6 Å². The smallest absolute Gasteiger partial charge is 0.236 e. The summed E-state index contributed by atoms with van der Waals surface area (Å²) in [5.74, 6) is 0.818. The third-order valence-electron chi connectivity index (χ3n) is 2.69. The van der Waals surface area contributed by atoms with E-state index in [9.17, 15) is 4.79 Å². The molecule has 18 heavy (non-hydrogen) atoms. The second-order valence-electron chi connectivity index (χ2n) is 4.26. The van der Waals surface area contributed by atoms with Crippen LogP contribution >= 0.6 is 0 Å². The molecule has 0 aliphatic carbocycles. The molecule has 1 unspecified atom stereocenters. The third-order valence-corrected chi connectivity index (χ3v) is 2.69. The topological polar surface area (TPSA) is 63.5 Å². The van der Waals surface area contributed by atoms with E-state index in [2.05, 4.69) is 10.6 Å². The van der Waals surface area contributed by atoms with E-state index in [0.29, 0.717) is 13.2 Å². The quantitative estimate of drug-likeness (QED) is 0.690. The monoisotopic (exact) mass is 254 g/mol. The van der Waals surface area contributed by atoms with Gasteiger partial charge in [-0.3, -0.25) is 10.1 Å². The largest absolute Gasteiger partial charge is 0.468 e. The zero-order valence-corrected chi connectivity index (χ0v) is 11.2. The summed E-state index contributed by atoms with van der Waals surface area (Å²) in [6.07, 6.45) is 2.45. The summed E-state index contributed by atoms with van der Waals surface area (Å²) in [7, 11) is 1.65. The molecule has 0 saturated heterocycles. The lowest BCUT2D eigenvalue weighted by molar-refractivity contribution is -0.123. The highest BCUT2D eigenvalue weighted by molar-refractivity contribution is 5.81. The molecule has 1 amide bonds. The number of furan rings is 1. The SMILES string of the molecule is COCCCNC(=O)C(C)N[C@H](C)c1ccco1. The van der Waals surface area contributed by atoms with E-state index in [0.717, 1.165) is 12.2 Å². The van der Waals surface area contributed by atoms with E-state index in [1.807, 2.05) is 26.0 Å². The summed E-state index contributed by atoms with van der Waals surface area (Å²) >= 11 is 0. The Bertz CT molecular complexity index is 338. The number of carbonyl (C=O) groups is 1. The Morgan fingerprint density at radius 3 is 2.89 bits per heavy atom. The summed E-state index contributed by atoms with van der Waals surface area (Å²) in [6, 6.07) is 3.48. The second kappa shape index (κ2) is 7.89. The highest BCUT2D eigenvalue weighted by Crippen LogP contribution is 2.12. The van der Waals surface area contributed by atoms with Crippen LogP contribution in [-0.4, -0.2) is 32.2 Å². The summed E-state index contributed by atoms with van der Waals surface area (Å²) in [4.78, 5) is 11.8. The number of ether oxygens (including phenoxy) is 1. The van der Waals surface area contributed by atoms with Gasteiger partial charge in [-0.25, -0.2) is 0 Å². The molecule has 1 aromatic heterocycles. The van der Waals surface area contributed by atoms with Crippen LogP contribution in [0, 0.1) is 0 Å². The minimum absolute atomic E-state index is 0.00971. The molecule has 1 heterocycles. The molecule has 2 N–H and O–H groups in total. The van der Waals surface area contributed by atoms with Gasteiger partial charge >= 0.3 is 0 Å². The van der Waals surface area contributed by atoms with Crippen molar-refractivity contribution in [3.63, 3.8) is 0 Å². The predicted molar refractivity (Wildman–Crippen MR) is 69.2 cm³/mol. The fourth-order valence-electron chi connectivity index (χ4n) is 1.65. The molecule has 1 rings (SSSR count). The number of nitrogens with one attached hydrogen (secondary N) is 2. The van der Waals surface area contributed by atoms with Crippen LogP contribution in [-0.2, 0) is 9.53 Å². The zero-order valence-electron chi connectivity index (χ0n) is 11.2. The van der Waals surface area contributed by atoms with Crippen molar-refractivity contribution < 1.29 is 13.9 Å². The molecular formula is C13H22N2O3. The Labute approximate surface area is 108 Å². The van der Waals surface area contributed by atoms with E-state index in [1.165, 1.54) is 0 Å². The first-order valence-corrected chi connectivity index (χ1v) is 6.21. The Morgan fingerprint density at radius 1 is 1.50 bits per heavy atom. The highest BCUT2D eigenvalue weighted by atomic mass is 16.5. The minimum Gasteiger partial charge on any atom is -0.468 e. The van der Waals surface area contributed by atoms with Crippen molar-refractivity contribution in [3.05, 3.63) is 24.2 Å². The molecule has 0 spiro atoms. The first-order chi connectivity index (χ1) is 8.65. The van der Waals surface area contributed by atoms with Gasteiger partial charge in [-0.15, -0.1) is 0 Å². The molecule has 0 fully saturated rings. The summed E-state index contributed by atoms with van der Waals surface area (Å²) in [5.41, 5.74) is 0. The lowest BCUT2D eigenvalue weighted by Crippen LogP contribution is -2.43. The highest BCUT2D eigenvalue weighted by Gasteiger charge is 2.16. The fourth-order valence-corrected chi connectivity index (χ4v) is 1.65. The predicted octanol–water partition coefficient (Wildman–Crippen LogP) is 1.47. The Balaban J connectivity index is 2.27. The minimum atomic E-state index is -0.257. The average Bonchev–Trinajstić information content (AvgIpc) is 2.88. The number of methoxy groups -OCH3 is 1. The van der Waals surface area contributed by atoms with Crippen LogP contribution in [0.1, 0.15) is 32.1 Å². The molecule has 0 radical (unpaired) electrons. The molecule has 0 aliphatic rings. The van der Waals surface area contributed by atoms with Gasteiger partial charge in [0.15, 0.2) is 0 Å². The number of carbonyl (C=O) groups excluding carboxylic acids is 1. The standard InChI is InChI=1S/C13H22N2O3/c1-10(12-6-4-9-18-12)15-11(2)13(16)14-7-5-8-17-3/h4,6,9-11,15H,5,7-8H2,1-3H3,(H,14,16)/t10-,11?/m1/s1. The van der Waals surface area contributed by atoms with E-state index >= 15 is 0 Å². The maximum Gasteiger partial charge on any atom is 0.236 e. The molecule has 2 atom stereocenters. The molecule has 0 aromatic carbocycles. The maximum atomic E-state index is 11.8. The molecular weight excluding hydrogens is 232 g/mol. The Morgan fingerprint density at radius 2 is 2.28 bits per heavy atom. The van der Waals surface area contributed by atoms with Gasteiger partial charge < -0.3 is 14.5 Å². The summed E-state index contributed by atoms with van der Waals surface area (Å²) in [5, 5.41) is 6.04. The zero-order chi connectivity index (χ0) is 13.4. The van der Waals surface area contributed by atoms with E-state index in [1.54, 1.807) is 13.4 Å². The van der Waals surface area contributed by atoms with Crippen molar-refractivity contribution in [2.24, 2.45) is 0 Å². The van der Waals surface area contributed by atoms with Crippen molar-refractivity contribution in [1.82, 2.24) is 10.6 Å². The first kappa shape index (κ1) is 14.7. The Kier molecular flexibility index (Phi) is 6.46. The van der Waals surface area contributed by atoms with Crippen LogP contribution in [0.15, 0.2) is 22.8 Å². The lowest BCUT2D eigenvalue weighted by Gasteiger charge is -2.18. The van der Waals surface area contributed by atoms with Gasteiger partial charge in [-0.05, 0) is 32.4 Å². The van der Waals surface area contributed by atoms with Crippen molar-refractivity contribution in [3.8, 4) is 0 Å². The first-order valence-electron chi connectivity index (χ1n) is 6.21. The number of amides is 1. The number of rotatable bonds is 8. The van der Waals surface area contributed by atoms with Gasteiger partial charge in [0.2, 0.25) is 5.91 Å². The van der Waals surface area contributed by atoms with Gasteiger partial charge in [0.25, 0.3) is 0 Å². The molecule has 0 aliphatic heterocycles. The molecule has 0 saturated carbocycles. The maximum absolute atomic E-state index is 11.8. The number of hydrogen-bond acceptors (Lipinski definition) is 4. The van der Waals surface area contributed by atoms with Crippen molar-refractivity contribution in [2.45, 2.75) is 32.4 Å². The summed E-state index contributed by atoms with van der Waals surface area (Å²) < 4.78 is 10.2. The van der Waals surface area contributed by atoms with Crippen molar-refractivity contribution in [2.75, 3.05) is 20.3 Å². The normalized spacial score (nSPS) is 14.2. The lowest BCUT2D eigenvalue weighted by atomic mass is 10.2.